The first kappa shape index (κ1) is 16.7. The summed E-state index contributed by atoms with van der Waals surface area (Å²) in [5, 5.41) is 3.65. The quantitative estimate of drug-likeness (QED) is 0.779. The normalized spacial score (nSPS) is 34.1. The van der Waals surface area contributed by atoms with E-state index in [0.29, 0.717) is 0 Å². The summed E-state index contributed by atoms with van der Waals surface area (Å²) < 4.78 is 0. The molecule has 3 saturated heterocycles. The first-order valence-corrected chi connectivity index (χ1v) is 9.34. The van der Waals surface area contributed by atoms with Crippen LogP contribution in [0.15, 0.2) is 0 Å². The predicted molar refractivity (Wildman–Crippen MR) is 92.4 cm³/mol. The highest BCUT2D eigenvalue weighted by Gasteiger charge is 2.33. The number of likely N-dealkylation sites (N-methyl/N-ethyl adjacent to an activating group) is 2. The second-order valence-corrected chi connectivity index (χ2v) is 7.39. The van der Waals surface area contributed by atoms with E-state index in [9.17, 15) is 0 Å². The summed E-state index contributed by atoms with van der Waals surface area (Å²) in [5.41, 5.74) is 0. The van der Waals surface area contributed by atoms with Gasteiger partial charge in [-0.1, -0.05) is 6.92 Å². The summed E-state index contributed by atoms with van der Waals surface area (Å²) in [7, 11) is 2.25. The standard InChI is InChI=1S/C17H35N5/c1-3-20-10-12-22(13-11-20)17-14-18-5-4-16(17)15-21-8-6-19(2)7-9-21/h16-18H,3-15H2,1-2H3. The molecule has 22 heavy (non-hydrogen) atoms. The Bertz CT molecular complexity index is 321. The second kappa shape index (κ2) is 8.06. The van der Waals surface area contributed by atoms with Gasteiger partial charge >= 0.3 is 0 Å². The summed E-state index contributed by atoms with van der Waals surface area (Å²) in [6, 6.07) is 0.757. The third-order valence-electron chi connectivity index (χ3n) is 6.00. The van der Waals surface area contributed by atoms with E-state index in [0.717, 1.165) is 12.0 Å². The average molecular weight is 310 g/mol. The number of nitrogens with one attached hydrogen (secondary N) is 1. The molecule has 0 aromatic rings. The van der Waals surface area contributed by atoms with E-state index < -0.39 is 0 Å². The minimum Gasteiger partial charge on any atom is -0.315 e. The van der Waals surface area contributed by atoms with Crippen LogP contribution in [0.1, 0.15) is 13.3 Å². The molecule has 3 fully saturated rings. The number of rotatable bonds is 4. The minimum atomic E-state index is 0.757. The van der Waals surface area contributed by atoms with Gasteiger partial charge in [0.2, 0.25) is 0 Å². The highest BCUT2D eigenvalue weighted by molar-refractivity contribution is 4.90. The number of hydrogen-bond acceptors (Lipinski definition) is 5. The van der Waals surface area contributed by atoms with E-state index in [4.69, 9.17) is 0 Å². The van der Waals surface area contributed by atoms with Crippen molar-refractivity contribution in [1.82, 2.24) is 24.9 Å². The van der Waals surface area contributed by atoms with Crippen LogP contribution in [0.2, 0.25) is 0 Å². The Labute approximate surface area is 136 Å². The fourth-order valence-corrected chi connectivity index (χ4v) is 4.31. The van der Waals surface area contributed by atoms with E-state index in [2.05, 4.69) is 38.9 Å². The summed E-state index contributed by atoms with van der Waals surface area (Å²) in [6.45, 7) is 17.3. The van der Waals surface area contributed by atoms with Crippen molar-refractivity contribution in [2.75, 3.05) is 85.6 Å². The third-order valence-corrected chi connectivity index (χ3v) is 6.00. The van der Waals surface area contributed by atoms with Crippen molar-refractivity contribution in [2.45, 2.75) is 19.4 Å². The van der Waals surface area contributed by atoms with Crippen molar-refractivity contribution < 1.29 is 0 Å². The predicted octanol–water partition coefficient (Wildman–Crippen LogP) is -0.151. The molecule has 3 aliphatic rings. The molecule has 0 radical (unpaired) electrons. The SMILES string of the molecule is CCN1CCN(C2CNCCC2CN2CCN(C)CC2)CC1. The molecule has 5 nitrogen and oxygen atoms in total. The van der Waals surface area contributed by atoms with Crippen molar-refractivity contribution in [3.05, 3.63) is 0 Å². The van der Waals surface area contributed by atoms with Gasteiger partial charge in [0, 0.05) is 71.5 Å². The van der Waals surface area contributed by atoms with Crippen LogP contribution in [0.25, 0.3) is 0 Å². The summed E-state index contributed by atoms with van der Waals surface area (Å²) in [5.74, 6) is 0.859. The minimum absolute atomic E-state index is 0.757. The topological polar surface area (TPSA) is 25.0 Å². The van der Waals surface area contributed by atoms with Gasteiger partial charge in [0.25, 0.3) is 0 Å². The molecule has 0 saturated carbocycles. The van der Waals surface area contributed by atoms with Gasteiger partial charge in [-0.25, -0.2) is 0 Å². The lowest BCUT2D eigenvalue weighted by atomic mass is 9.90. The molecule has 0 aromatic heterocycles. The highest BCUT2D eigenvalue weighted by Crippen LogP contribution is 2.21. The Balaban J connectivity index is 1.52. The number of hydrogen-bond donors (Lipinski definition) is 1. The maximum atomic E-state index is 3.65. The first-order valence-electron chi connectivity index (χ1n) is 9.34. The van der Waals surface area contributed by atoms with Gasteiger partial charge in [0.05, 0.1) is 0 Å². The van der Waals surface area contributed by atoms with Crippen molar-refractivity contribution in [1.29, 1.82) is 0 Å². The average Bonchev–Trinajstić information content (AvgIpc) is 2.58. The van der Waals surface area contributed by atoms with Gasteiger partial charge < -0.3 is 20.0 Å². The van der Waals surface area contributed by atoms with Crippen LogP contribution < -0.4 is 5.32 Å². The Morgan fingerprint density at radius 2 is 1.59 bits per heavy atom. The van der Waals surface area contributed by atoms with Crippen LogP contribution in [0.3, 0.4) is 0 Å². The van der Waals surface area contributed by atoms with E-state index in [1.54, 1.807) is 0 Å². The monoisotopic (exact) mass is 309 g/mol. The van der Waals surface area contributed by atoms with Crippen molar-refractivity contribution >= 4 is 0 Å². The number of piperazine rings is 2. The molecule has 2 unspecified atom stereocenters. The summed E-state index contributed by atoms with van der Waals surface area (Å²) in [6.07, 6.45) is 1.35. The second-order valence-electron chi connectivity index (χ2n) is 7.39. The van der Waals surface area contributed by atoms with E-state index in [1.165, 1.54) is 85.0 Å². The fourth-order valence-electron chi connectivity index (χ4n) is 4.31. The lowest BCUT2D eigenvalue weighted by Gasteiger charge is -2.46. The molecule has 1 N–H and O–H groups in total. The Morgan fingerprint density at radius 3 is 2.27 bits per heavy atom. The molecule has 5 heteroatoms. The van der Waals surface area contributed by atoms with Crippen molar-refractivity contribution in [3.63, 3.8) is 0 Å². The van der Waals surface area contributed by atoms with Crippen LogP contribution in [0, 0.1) is 5.92 Å². The molecule has 0 aliphatic carbocycles. The first-order chi connectivity index (χ1) is 10.8. The molecule has 0 aromatic carbocycles. The van der Waals surface area contributed by atoms with Gasteiger partial charge in [-0.15, -0.1) is 0 Å². The molecular weight excluding hydrogens is 274 g/mol. The molecule has 0 amide bonds. The van der Waals surface area contributed by atoms with Gasteiger partial charge in [-0.05, 0) is 32.5 Å². The Morgan fingerprint density at radius 1 is 0.909 bits per heavy atom. The maximum Gasteiger partial charge on any atom is 0.0262 e. The zero-order valence-electron chi connectivity index (χ0n) is 14.6. The van der Waals surface area contributed by atoms with Crippen LogP contribution in [-0.4, -0.2) is 111 Å². The Hall–Kier alpha value is -0.200. The molecule has 0 spiro atoms. The van der Waals surface area contributed by atoms with Crippen LogP contribution in [0.5, 0.6) is 0 Å². The highest BCUT2D eigenvalue weighted by atomic mass is 15.3. The van der Waals surface area contributed by atoms with Gasteiger partial charge in [0.15, 0.2) is 0 Å². The largest absolute Gasteiger partial charge is 0.315 e. The molecular formula is C17H35N5. The van der Waals surface area contributed by atoms with Crippen molar-refractivity contribution in [2.24, 2.45) is 5.92 Å². The van der Waals surface area contributed by atoms with Gasteiger partial charge in [-0.3, -0.25) is 4.90 Å². The summed E-state index contributed by atoms with van der Waals surface area (Å²) in [4.78, 5) is 10.5. The van der Waals surface area contributed by atoms with E-state index >= 15 is 0 Å². The number of nitrogens with zero attached hydrogens (tertiary/aromatic N) is 4. The molecule has 0 bridgehead atoms. The van der Waals surface area contributed by atoms with Crippen LogP contribution >= 0.6 is 0 Å². The van der Waals surface area contributed by atoms with Crippen molar-refractivity contribution in [3.8, 4) is 0 Å². The molecule has 2 atom stereocenters. The zero-order valence-corrected chi connectivity index (χ0v) is 14.6. The zero-order chi connectivity index (χ0) is 15.4. The lowest BCUT2D eigenvalue weighted by Crippen LogP contribution is -2.59. The van der Waals surface area contributed by atoms with Crippen LogP contribution in [0.4, 0.5) is 0 Å². The van der Waals surface area contributed by atoms with Gasteiger partial charge in [0.1, 0.15) is 0 Å². The molecule has 128 valence electrons. The van der Waals surface area contributed by atoms with E-state index in [-0.39, 0.29) is 0 Å². The maximum absolute atomic E-state index is 3.65. The lowest BCUT2D eigenvalue weighted by molar-refractivity contribution is 0.0374. The van der Waals surface area contributed by atoms with Gasteiger partial charge in [-0.2, -0.15) is 0 Å². The summed E-state index contributed by atoms with van der Waals surface area (Å²) >= 11 is 0. The molecule has 3 heterocycles. The third kappa shape index (κ3) is 4.20. The number of piperidine rings is 1. The Kier molecular flexibility index (Phi) is 6.10. The molecule has 3 rings (SSSR count). The fraction of sp³-hybridized carbons (Fsp3) is 1.00. The van der Waals surface area contributed by atoms with E-state index in [1.807, 2.05) is 0 Å². The molecule has 3 aliphatic heterocycles. The smallest absolute Gasteiger partial charge is 0.0262 e. The van der Waals surface area contributed by atoms with Crippen LogP contribution in [-0.2, 0) is 0 Å².